The largest absolute Gasteiger partial charge is 0.454 e. The third-order valence-electron chi connectivity index (χ3n) is 6.37. The molecule has 2 aromatic carbocycles. The minimum atomic E-state index is -0.796. The summed E-state index contributed by atoms with van der Waals surface area (Å²) in [7, 11) is 0. The van der Waals surface area contributed by atoms with E-state index in [0.717, 1.165) is 36.7 Å². The van der Waals surface area contributed by atoms with Gasteiger partial charge >= 0.3 is 0 Å². The molecule has 6 rings (SSSR count). The van der Waals surface area contributed by atoms with Gasteiger partial charge in [-0.05, 0) is 29.8 Å². The first-order valence-electron chi connectivity index (χ1n) is 11.5. The zero-order valence-electron chi connectivity index (χ0n) is 19.0. The second-order valence-electron chi connectivity index (χ2n) is 8.73. The maximum atomic E-state index is 12.9. The monoisotopic (exact) mass is 479 g/mol. The molecular weight excluding hydrogens is 454 g/mol. The molecule has 182 valence electrons. The second-order valence-corrected chi connectivity index (χ2v) is 8.73. The Balaban J connectivity index is 1.07. The number of ether oxygens (including phenoxy) is 4. The highest BCUT2D eigenvalue weighted by atomic mass is 16.7. The van der Waals surface area contributed by atoms with Crippen LogP contribution in [0.2, 0.25) is 0 Å². The molecule has 0 aliphatic carbocycles. The average Bonchev–Trinajstić information content (AvgIpc) is 3.53. The standard InChI is InChI=1S/C24H25N5O6/c30-22-11-17(23(31)25-16-2-4-19-21(10-16)35-14-33-19)26-24(27-22)29-7-5-28(6-8-29)12-15-1-3-18-20(9-15)34-13-32-18/h1-4,9-10,17H,5-8,11-14H2,(H,25,31)(H,26,27,30)/t17-/m0/s1. The summed E-state index contributed by atoms with van der Waals surface area (Å²) in [6.07, 6.45) is 0.00393. The van der Waals surface area contributed by atoms with Crippen molar-refractivity contribution < 1.29 is 28.5 Å². The Bertz CT molecular complexity index is 1190. The fourth-order valence-electron chi connectivity index (χ4n) is 4.50. The summed E-state index contributed by atoms with van der Waals surface area (Å²) in [5.41, 5.74) is 1.73. The molecule has 11 heteroatoms. The van der Waals surface area contributed by atoms with Crippen LogP contribution < -0.4 is 29.6 Å². The van der Waals surface area contributed by atoms with Gasteiger partial charge in [-0.15, -0.1) is 0 Å². The fraction of sp³-hybridized carbons (Fsp3) is 0.375. The van der Waals surface area contributed by atoms with Gasteiger partial charge in [0, 0.05) is 44.5 Å². The van der Waals surface area contributed by atoms with Gasteiger partial charge in [-0.2, -0.15) is 0 Å². The maximum Gasteiger partial charge on any atom is 0.249 e. The van der Waals surface area contributed by atoms with Crippen LogP contribution in [0.1, 0.15) is 12.0 Å². The van der Waals surface area contributed by atoms with E-state index in [-0.39, 0.29) is 31.8 Å². The van der Waals surface area contributed by atoms with Crippen LogP contribution in [0.25, 0.3) is 0 Å². The predicted molar refractivity (Wildman–Crippen MR) is 125 cm³/mol. The zero-order chi connectivity index (χ0) is 23.8. The van der Waals surface area contributed by atoms with Gasteiger partial charge in [-0.3, -0.25) is 19.8 Å². The quantitative estimate of drug-likeness (QED) is 0.671. The average molecular weight is 479 g/mol. The molecule has 2 aromatic rings. The first-order valence-corrected chi connectivity index (χ1v) is 11.5. The lowest BCUT2D eigenvalue weighted by atomic mass is 10.1. The van der Waals surface area contributed by atoms with Gasteiger partial charge in [0.25, 0.3) is 0 Å². The number of nitrogens with one attached hydrogen (secondary N) is 2. The number of guanidine groups is 1. The van der Waals surface area contributed by atoms with E-state index in [1.54, 1.807) is 18.2 Å². The highest BCUT2D eigenvalue weighted by Gasteiger charge is 2.31. The lowest BCUT2D eigenvalue weighted by Gasteiger charge is -2.37. The molecule has 0 spiro atoms. The highest BCUT2D eigenvalue weighted by Crippen LogP contribution is 2.34. The third kappa shape index (κ3) is 4.54. The molecule has 2 N–H and O–H groups in total. The number of fused-ring (bicyclic) bond motifs is 2. The predicted octanol–water partition coefficient (Wildman–Crippen LogP) is 1.14. The smallest absolute Gasteiger partial charge is 0.249 e. The number of hydrogen-bond acceptors (Lipinski definition) is 9. The molecule has 0 bridgehead atoms. The Labute approximate surface area is 201 Å². The number of nitrogens with zero attached hydrogens (tertiary/aromatic N) is 3. The van der Waals surface area contributed by atoms with Gasteiger partial charge in [0.1, 0.15) is 6.04 Å². The molecule has 4 aliphatic heterocycles. The molecule has 1 fully saturated rings. The molecule has 11 nitrogen and oxygen atoms in total. The Hall–Kier alpha value is -3.99. The molecule has 0 radical (unpaired) electrons. The van der Waals surface area contributed by atoms with Gasteiger partial charge in [0.05, 0.1) is 6.42 Å². The van der Waals surface area contributed by atoms with E-state index >= 15 is 0 Å². The van der Waals surface area contributed by atoms with Crippen LogP contribution >= 0.6 is 0 Å². The molecule has 0 aromatic heterocycles. The molecule has 2 amide bonds. The summed E-state index contributed by atoms with van der Waals surface area (Å²) in [5.74, 6) is 2.67. The summed E-state index contributed by atoms with van der Waals surface area (Å²) in [5, 5.41) is 5.66. The van der Waals surface area contributed by atoms with Gasteiger partial charge < -0.3 is 29.2 Å². The normalized spacial score (nSPS) is 20.9. The molecule has 1 saturated heterocycles. The van der Waals surface area contributed by atoms with Crippen molar-refractivity contribution in [3.05, 3.63) is 42.0 Å². The number of carbonyl (C=O) groups excluding carboxylic acids is 2. The summed E-state index contributed by atoms with van der Waals surface area (Å²) < 4.78 is 21.5. The van der Waals surface area contributed by atoms with E-state index in [4.69, 9.17) is 18.9 Å². The lowest BCUT2D eigenvalue weighted by Crippen LogP contribution is -2.56. The number of amides is 2. The number of benzene rings is 2. The van der Waals surface area contributed by atoms with E-state index < -0.39 is 6.04 Å². The number of rotatable bonds is 4. The van der Waals surface area contributed by atoms with E-state index in [9.17, 15) is 9.59 Å². The van der Waals surface area contributed by atoms with Crippen LogP contribution in [0.5, 0.6) is 23.0 Å². The van der Waals surface area contributed by atoms with Crippen molar-refractivity contribution in [1.29, 1.82) is 0 Å². The van der Waals surface area contributed by atoms with E-state index in [2.05, 4.69) is 26.6 Å². The van der Waals surface area contributed by atoms with Crippen LogP contribution in [0.3, 0.4) is 0 Å². The minimum absolute atomic E-state index is 0.00393. The molecule has 4 aliphatic rings. The van der Waals surface area contributed by atoms with E-state index in [1.807, 2.05) is 17.0 Å². The van der Waals surface area contributed by atoms with Crippen molar-refractivity contribution in [2.24, 2.45) is 4.99 Å². The minimum Gasteiger partial charge on any atom is -0.454 e. The van der Waals surface area contributed by atoms with Crippen LogP contribution in [0, 0.1) is 0 Å². The summed E-state index contributed by atoms with van der Waals surface area (Å²) in [6, 6.07) is 10.4. The van der Waals surface area contributed by atoms with Crippen LogP contribution in [0.15, 0.2) is 41.4 Å². The number of hydrogen-bond donors (Lipinski definition) is 2. The summed E-state index contributed by atoms with van der Waals surface area (Å²) >= 11 is 0. The number of piperazine rings is 1. The van der Waals surface area contributed by atoms with E-state index in [0.29, 0.717) is 36.2 Å². The SMILES string of the molecule is O=C1C[C@@H](C(=O)Nc2ccc3c(c2)OCO3)N=C(N2CCN(Cc3ccc4c(c3)OCO4)CC2)N1. The first-order chi connectivity index (χ1) is 17.1. The summed E-state index contributed by atoms with van der Waals surface area (Å²) in [4.78, 5) is 34.2. The van der Waals surface area contributed by atoms with E-state index in [1.165, 1.54) is 0 Å². The van der Waals surface area contributed by atoms with Crippen molar-refractivity contribution >= 4 is 23.5 Å². The lowest BCUT2D eigenvalue weighted by molar-refractivity contribution is -0.125. The van der Waals surface area contributed by atoms with Gasteiger partial charge in [0.15, 0.2) is 23.0 Å². The van der Waals surface area contributed by atoms with Crippen LogP contribution in [-0.4, -0.2) is 73.4 Å². The number of carbonyl (C=O) groups is 2. The van der Waals surface area contributed by atoms with Crippen LogP contribution in [-0.2, 0) is 16.1 Å². The number of aliphatic imine (C=N–C) groups is 1. The summed E-state index contributed by atoms with van der Waals surface area (Å²) in [6.45, 7) is 4.22. The molecule has 35 heavy (non-hydrogen) atoms. The Kier molecular flexibility index (Phi) is 5.53. The molecule has 4 heterocycles. The second kappa shape index (κ2) is 8.99. The highest BCUT2D eigenvalue weighted by molar-refractivity contribution is 6.06. The maximum absolute atomic E-state index is 12.9. The van der Waals surface area contributed by atoms with Crippen LogP contribution in [0.4, 0.5) is 5.69 Å². The van der Waals surface area contributed by atoms with Crippen molar-refractivity contribution in [1.82, 2.24) is 15.1 Å². The van der Waals surface area contributed by atoms with Crippen molar-refractivity contribution in [2.45, 2.75) is 19.0 Å². The van der Waals surface area contributed by atoms with Crippen molar-refractivity contribution in [3.63, 3.8) is 0 Å². The molecule has 1 atom stereocenters. The zero-order valence-corrected chi connectivity index (χ0v) is 19.0. The topological polar surface area (TPSA) is 114 Å². The molecule has 0 unspecified atom stereocenters. The molecule has 0 saturated carbocycles. The fourth-order valence-corrected chi connectivity index (χ4v) is 4.50. The Morgan fingerprint density at radius 2 is 1.63 bits per heavy atom. The van der Waals surface area contributed by atoms with Gasteiger partial charge in [-0.25, -0.2) is 4.99 Å². The Morgan fingerprint density at radius 1 is 0.943 bits per heavy atom. The third-order valence-corrected chi connectivity index (χ3v) is 6.37. The number of anilines is 1. The first kappa shape index (κ1) is 21.5. The Morgan fingerprint density at radius 3 is 2.40 bits per heavy atom. The van der Waals surface area contributed by atoms with Crippen molar-refractivity contribution in [2.75, 3.05) is 45.1 Å². The molecular formula is C24H25N5O6. The van der Waals surface area contributed by atoms with Gasteiger partial charge in [0.2, 0.25) is 31.4 Å². The van der Waals surface area contributed by atoms with Gasteiger partial charge in [-0.1, -0.05) is 6.07 Å². The van der Waals surface area contributed by atoms with Crippen molar-refractivity contribution in [3.8, 4) is 23.0 Å².